The number of anilines is 1. The number of hydrogen-bond donors (Lipinski definition) is 1. The van der Waals surface area contributed by atoms with Crippen molar-refractivity contribution >= 4 is 28.2 Å². The third-order valence-electron chi connectivity index (χ3n) is 5.60. The number of H-pyrrole nitrogens is 1. The molecule has 1 aliphatic rings. The maximum absolute atomic E-state index is 12.6. The Morgan fingerprint density at radius 3 is 2.60 bits per heavy atom. The van der Waals surface area contributed by atoms with Gasteiger partial charge in [0.15, 0.2) is 12.3 Å². The number of rotatable bonds is 6. The lowest BCUT2D eigenvalue weighted by Crippen LogP contribution is -2.50. The van der Waals surface area contributed by atoms with Crippen molar-refractivity contribution in [2.45, 2.75) is 19.8 Å². The Labute approximate surface area is 176 Å². The van der Waals surface area contributed by atoms with Gasteiger partial charge in [-0.3, -0.25) is 4.79 Å². The molecule has 1 saturated heterocycles. The van der Waals surface area contributed by atoms with Crippen LogP contribution in [0.25, 0.3) is 15.7 Å². The lowest BCUT2D eigenvalue weighted by molar-refractivity contribution is -0.133. The zero-order valence-electron chi connectivity index (χ0n) is 17.2. The SMILES string of the molecule is [C-]#[N+]c1ccc(N2CCN(C(=O)COc3ccc4[nH]cc(CCC)c4c3)CC2)cc1. The fraction of sp³-hybridized carbons (Fsp3) is 0.333. The third kappa shape index (κ3) is 4.25. The number of carbonyl (C=O) groups is 1. The van der Waals surface area contributed by atoms with E-state index in [1.807, 2.05) is 47.4 Å². The molecule has 1 aromatic heterocycles. The number of fused-ring (bicyclic) bond motifs is 1. The molecule has 1 fully saturated rings. The molecule has 0 bridgehead atoms. The molecule has 1 N–H and O–H groups in total. The molecule has 2 heterocycles. The van der Waals surface area contributed by atoms with Crippen LogP contribution in [0.5, 0.6) is 5.75 Å². The van der Waals surface area contributed by atoms with Crippen LogP contribution in [0, 0.1) is 6.57 Å². The molecule has 1 aliphatic heterocycles. The minimum Gasteiger partial charge on any atom is -0.484 e. The standard InChI is InChI=1S/C24H26N4O2/c1-3-4-18-16-26-23-10-9-21(15-22(18)23)30-17-24(29)28-13-11-27(12-14-28)20-7-5-19(25-2)6-8-20/h5-10,15-16,26H,3-4,11-14,17H2,1H3. The minimum atomic E-state index is 0.0148. The summed E-state index contributed by atoms with van der Waals surface area (Å²) in [6.45, 7) is 12.2. The van der Waals surface area contributed by atoms with E-state index in [-0.39, 0.29) is 12.5 Å². The monoisotopic (exact) mass is 402 g/mol. The third-order valence-corrected chi connectivity index (χ3v) is 5.60. The summed E-state index contributed by atoms with van der Waals surface area (Å²) in [7, 11) is 0. The van der Waals surface area contributed by atoms with Crippen molar-refractivity contribution in [2.24, 2.45) is 0 Å². The van der Waals surface area contributed by atoms with Crippen LogP contribution in [0.1, 0.15) is 18.9 Å². The molecule has 0 spiro atoms. The van der Waals surface area contributed by atoms with E-state index >= 15 is 0 Å². The zero-order valence-corrected chi connectivity index (χ0v) is 17.2. The van der Waals surface area contributed by atoms with Gasteiger partial charge in [0, 0.05) is 49.0 Å². The summed E-state index contributed by atoms with van der Waals surface area (Å²) < 4.78 is 5.82. The van der Waals surface area contributed by atoms with E-state index in [0.717, 1.165) is 42.9 Å². The number of aromatic amines is 1. The van der Waals surface area contributed by atoms with Gasteiger partial charge in [-0.25, -0.2) is 4.85 Å². The van der Waals surface area contributed by atoms with Gasteiger partial charge in [0.1, 0.15) is 5.75 Å². The van der Waals surface area contributed by atoms with Crippen molar-refractivity contribution in [1.29, 1.82) is 0 Å². The summed E-state index contributed by atoms with van der Waals surface area (Å²) in [6, 6.07) is 13.5. The Bertz CT molecular complexity index is 1060. The Hall–Kier alpha value is -3.46. The van der Waals surface area contributed by atoms with E-state index in [9.17, 15) is 4.79 Å². The largest absolute Gasteiger partial charge is 0.484 e. The van der Waals surface area contributed by atoms with Crippen LogP contribution in [0.3, 0.4) is 0 Å². The predicted octanol–water partition coefficient (Wildman–Crippen LogP) is 4.40. The molecule has 0 aliphatic carbocycles. The van der Waals surface area contributed by atoms with Gasteiger partial charge >= 0.3 is 0 Å². The summed E-state index contributed by atoms with van der Waals surface area (Å²) in [5.74, 6) is 0.743. The molecule has 2 aromatic carbocycles. The zero-order chi connectivity index (χ0) is 20.9. The van der Waals surface area contributed by atoms with E-state index in [1.54, 1.807) is 0 Å². The minimum absolute atomic E-state index is 0.0148. The van der Waals surface area contributed by atoms with Crippen LogP contribution in [0.2, 0.25) is 0 Å². The van der Waals surface area contributed by atoms with Crippen LogP contribution >= 0.6 is 0 Å². The van der Waals surface area contributed by atoms with Crippen molar-refractivity contribution in [2.75, 3.05) is 37.7 Å². The number of piperazine rings is 1. The van der Waals surface area contributed by atoms with Gasteiger partial charge in [-0.2, -0.15) is 0 Å². The molecule has 154 valence electrons. The fourth-order valence-corrected chi connectivity index (χ4v) is 3.91. The first-order chi connectivity index (χ1) is 14.7. The Morgan fingerprint density at radius 1 is 1.13 bits per heavy atom. The molecular formula is C24H26N4O2. The Kier molecular flexibility index (Phi) is 5.89. The highest BCUT2D eigenvalue weighted by atomic mass is 16.5. The lowest BCUT2D eigenvalue weighted by Gasteiger charge is -2.36. The second-order valence-electron chi connectivity index (χ2n) is 7.56. The molecule has 0 saturated carbocycles. The molecular weight excluding hydrogens is 376 g/mol. The molecule has 6 heteroatoms. The molecule has 1 amide bonds. The van der Waals surface area contributed by atoms with Gasteiger partial charge in [0.2, 0.25) is 0 Å². The van der Waals surface area contributed by atoms with Gasteiger partial charge in [-0.1, -0.05) is 25.5 Å². The second-order valence-corrected chi connectivity index (χ2v) is 7.56. The van der Waals surface area contributed by atoms with Gasteiger partial charge in [-0.15, -0.1) is 0 Å². The van der Waals surface area contributed by atoms with Gasteiger partial charge in [0.25, 0.3) is 5.91 Å². The average Bonchev–Trinajstić information content (AvgIpc) is 3.20. The predicted molar refractivity (Wildman–Crippen MR) is 119 cm³/mol. The number of benzene rings is 2. The van der Waals surface area contributed by atoms with Crippen molar-refractivity contribution in [3.63, 3.8) is 0 Å². The van der Waals surface area contributed by atoms with Crippen LogP contribution in [0.15, 0.2) is 48.7 Å². The van der Waals surface area contributed by atoms with Crippen molar-refractivity contribution in [3.8, 4) is 5.75 Å². The Balaban J connectivity index is 1.31. The number of aryl methyl sites for hydroxylation is 1. The number of ether oxygens (including phenoxy) is 1. The second kappa shape index (κ2) is 8.91. The molecule has 30 heavy (non-hydrogen) atoms. The molecule has 0 radical (unpaired) electrons. The van der Waals surface area contributed by atoms with Crippen LogP contribution in [-0.2, 0) is 11.2 Å². The summed E-state index contributed by atoms with van der Waals surface area (Å²) in [6.07, 6.45) is 4.16. The highest BCUT2D eigenvalue weighted by molar-refractivity contribution is 5.85. The topological polar surface area (TPSA) is 52.9 Å². The molecule has 4 rings (SSSR count). The number of nitrogens with zero attached hydrogens (tertiary/aromatic N) is 3. The van der Waals surface area contributed by atoms with Crippen molar-refractivity contribution in [3.05, 3.63) is 65.6 Å². The number of nitrogens with one attached hydrogen (secondary N) is 1. The maximum atomic E-state index is 12.6. The first-order valence-electron chi connectivity index (χ1n) is 10.4. The van der Waals surface area contributed by atoms with Gasteiger partial charge in [-0.05, 0) is 42.3 Å². The first-order valence-corrected chi connectivity index (χ1v) is 10.4. The number of aromatic nitrogens is 1. The van der Waals surface area contributed by atoms with Crippen LogP contribution in [0.4, 0.5) is 11.4 Å². The van der Waals surface area contributed by atoms with Crippen molar-refractivity contribution in [1.82, 2.24) is 9.88 Å². The summed E-state index contributed by atoms with van der Waals surface area (Å²) >= 11 is 0. The van der Waals surface area contributed by atoms with E-state index in [0.29, 0.717) is 18.8 Å². The number of hydrogen-bond acceptors (Lipinski definition) is 3. The first kappa shape index (κ1) is 19.8. The highest BCUT2D eigenvalue weighted by Gasteiger charge is 2.21. The van der Waals surface area contributed by atoms with Gasteiger partial charge in [0.05, 0.1) is 6.57 Å². The molecule has 0 unspecified atom stereocenters. The lowest BCUT2D eigenvalue weighted by atomic mass is 10.1. The normalized spacial score (nSPS) is 14.0. The molecule has 3 aromatic rings. The number of amides is 1. The van der Waals surface area contributed by atoms with E-state index in [2.05, 4.69) is 27.8 Å². The van der Waals surface area contributed by atoms with E-state index < -0.39 is 0 Å². The van der Waals surface area contributed by atoms with Crippen LogP contribution in [-0.4, -0.2) is 48.6 Å². The maximum Gasteiger partial charge on any atom is 0.260 e. The summed E-state index contributed by atoms with van der Waals surface area (Å²) in [5.41, 5.74) is 4.11. The fourth-order valence-electron chi connectivity index (χ4n) is 3.91. The molecule has 0 atom stereocenters. The smallest absolute Gasteiger partial charge is 0.260 e. The number of carbonyl (C=O) groups excluding carboxylic acids is 1. The quantitative estimate of drug-likeness (QED) is 0.622. The molecule has 6 nitrogen and oxygen atoms in total. The van der Waals surface area contributed by atoms with Crippen molar-refractivity contribution < 1.29 is 9.53 Å². The van der Waals surface area contributed by atoms with E-state index in [1.165, 1.54) is 10.9 Å². The van der Waals surface area contributed by atoms with Gasteiger partial charge < -0.3 is 19.5 Å². The van der Waals surface area contributed by atoms with Crippen LogP contribution < -0.4 is 9.64 Å². The Morgan fingerprint density at radius 2 is 1.90 bits per heavy atom. The summed E-state index contributed by atoms with van der Waals surface area (Å²) in [5, 5.41) is 1.17. The van der Waals surface area contributed by atoms with E-state index in [4.69, 9.17) is 11.3 Å². The summed E-state index contributed by atoms with van der Waals surface area (Å²) in [4.78, 5) is 23.4. The highest BCUT2D eigenvalue weighted by Crippen LogP contribution is 2.25. The average molecular weight is 402 g/mol.